The van der Waals surface area contributed by atoms with Crippen LogP contribution < -0.4 is 5.32 Å². The molecule has 0 aromatic carbocycles. The third kappa shape index (κ3) is 7.89. The zero-order valence-electron chi connectivity index (χ0n) is 11.8. The summed E-state index contributed by atoms with van der Waals surface area (Å²) < 4.78 is 17.9. The molecule has 19 heavy (non-hydrogen) atoms. The molecular formula is C12H24N4O3. The smallest absolute Gasteiger partial charge is 0.0722 e. The highest BCUT2D eigenvalue weighted by molar-refractivity contribution is 4.88. The highest BCUT2D eigenvalue weighted by Crippen LogP contribution is 1.92. The molecular weight excluding hydrogens is 248 g/mol. The van der Waals surface area contributed by atoms with Gasteiger partial charge < -0.3 is 19.5 Å². The molecule has 0 saturated carbocycles. The van der Waals surface area contributed by atoms with Gasteiger partial charge in [-0.25, -0.2) is 4.68 Å². The second-order valence-electron chi connectivity index (χ2n) is 4.04. The van der Waals surface area contributed by atoms with Gasteiger partial charge >= 0.3 is 0 Å². The van der Waals surface area contributed by atoms with Crippen LogP contribution in [-0.4, -0.2) is 68.2 Å². The largest absolute Gasteiger partial charge is 0.378 e. The molecule has 1 aromatic rings. The molecule has 0 aliphatic rings. The summed E-state index contributed by atoms with van der Waals surface area (Å²) in [5.74, 6) is 0. The number of likely N-dealkylation sites (N-methyl/N-ethyl adjacent to an activating group) is 1. The average molecular weight is 272 g/mol. The number of nitrogens with zero attached hydrogens (tertiary/aromatic N) is 3. The van der Waals surface area contributed by atoms with Crippen molar-refractivity contribution in [3.63, 3.8) is 0 Å². The lowest BCUT2D eigenvalue weighted by molar-refractivity contribution is 0.0134. The number of aryl methyl sites for hydroxylation is 1. The second kappa shape index (κ2) is 10.9. The minimum atomic E-state index is 0.588. The van der Waals surface area contributed by atoms with E-state index in [9.17, 15) is 0 Å². The summed E-state index contributed by atoms with van der Waals surface area (Å²) in [5.41, 5.74) is 1.04. The minimum Gasteiger partial charge on any atom is -0.378 e. The Morgan fingerprint density at radius 1 is 1.05 bits per heavy atom. The van der Waals surface area contributed by atoms with Gasteiger partial charge in [0.15, 0.2) is 0 Å². The summed E-state index contributed by atoms with van der Waals surface area (Å²) in [6.45, 7) is 7.30. The summed E-state index contributed by atoms with van der Waals surface area (Å²) >= 11 is 0. The molecule has 1 aromatic heterocycles. The predicted octanol–water partition coefficient (Wildman–Crippen LogP) is -0.144. The van der Waals surface area contributed by atoms with E-state index in [1.165, 1.54) is 0 Å². The Hall–Kier alpha value is -1.02. The second-order valence-corrected chi connectivity index (χ2v) is 4.04. The number of hydrogen-bond acceptors (Lipinski definition) is 6. The quantitative estimate of drug-likeness (QED) is 0.534. The van der Waals surface area contributed by atoms with Crippen LogP contribution in [0.5, 0.6) is 0 Å². The van der Waals surface area contributed by atoms with E-state index in [0.29, 0.717) is 39.6 Å². The normalized spacial score (nSPS) is 11.1. The van der Waals surface area contributed by atoms with Gasteiger partial charge in [0.2, 0.25) is 0 Å². The Labute approximate surface area is 114 Å². The molecule has 0 radical (unpaired) electrons. The predicted molar refractivity (Wildman–Crippen MR) is 71.1 cm³/mol. The first-order valence-electron chi connectivity index (χ1n) is 6.57. The van der Waals surface area contributed by atoms with E-state index >= 15 is 0 Å². The van der Waals surface area contributed by atoms with Crippen LogP contribution in [0.2, 0.25) is 0 Å². The van der Waals surface area contributed by atoms with Crippen molar-refractivity contribution in [2.45, 2.75) is 13.5 Å². The van der Waals surface area contributed by atoms with Gasteiger partial charge in [-0.15, -0.1) is 5.10 Å². The number of hydrogen-bond donors (Lipinski definition) is 1. The van der Waals surface area contributed by atoms with Crippen molar-refractivity contribution in [2.24, 2.45) is 0 Å². The lowest BCUT2D eigenvalue weighted by Gasteiger charge is -2.07. The van der Waals surface area contributed by atoms with E-state index in [2.05, 4.69) is 15.6 Å². The molecule has 0 fully saturated rings. The Balaban J connectivity index is 1.80. The molecule has 1 N–H and O–H groups in total. The van der Waals surface area contributed by atoms with Crippen LogP contribution in [0.3, 0.4) is 0 Å². The highest BCUT2D eigenvalue weighted by Gasteiger charge is 1.97. The van der Waals surface area contributed by atoms with Gasteiger partial charge in [-0.1, -0.05) is 5.21 Å². The first-order chi connectivity index (χ1) is 9.34. The van der Waals surface area contributed by atoms with Crippen LogP contribution in [0.4, 0.5) is 0 Å². The fourth-order valence-corrected chi connectivity index (χ4v) is 1.40. The molecule has 1 rings (SSSR count). The monoisotopic (exact) mass is 272 g/mol. The van der Waals surface area contributed by atoms with Crippen molar-refractivity contribution < 1.29 is 14.2 Å². The molecule has 0 amide bonds. The van der Waals surface area contributed by atoms with Crippen LogP contribution in [-0.2, 0) is 20.8 Å². The zero-order chi connectivity index (χ0) is 13.8. The van der Waals surface area contributed by atoms with E-state index in [1.54, 1.807) is 6.20 Å². The molecule has 0 atom stereocenters. The number of rotatable bonds is 12. The summed E-state index contributed by atoms with van der Waals surface area (Å²) in [4.78, 5) is 0. The fourth-order valence-electron chi connectivity index (χ4n) is 1.40. The van der Waals surface area contributed by atoms with Gasteiger partial charge in [0.05, 0.1) is 58.1 Å². The van der Waals surface area contributed by atoms with Crippen molar-refractivity contribution >= 4 is 0 Å². The summed E-state index contributed by atoms with van der Waals surface area (Å²) in [6, 6.07) is 0. The van der Waals surface area contributed by atoms with Gasteiger partial charge in [0.1, 0.15) is 0 Å². The van der Waals surface area contributed by atoms with Crippen molar-refractivity contribution in [3.05, 3.63) is 11.9 Å². The molecule has 0 saturated heterocycles. The SMILES string of the molecule is CNCCOCCOCCOCCn1nncc1C. The molecule has 0 bridgehead atoms. The standard InChI is InChI=1S/C12H24N4O3/c1-12-11-14-15-16(12)4-6-18-8-10-19-9-7-17-5-3-13-2/h11,13H,3-10H2,1-2H3. The molecule has 0 aliphatic carbocycles. The lowest BCUT2D eigenvalue weighted by Crippen LogP contribution is -2.17. The molecule has 0 spiro atoms. The maximum Gasteiger partial charge on any atom is 0.0722 e. The van der Waals surface area contributed by atoms with Crippen molar-refractivity contribution in [2.75, 3.05) is 53.2 Å². The van der Waals surface area contributed by atoms with Crippen LogP contribution in [0.1, 0.15) is 5.69 Å². The Morgan fingerprint density at radius 3 is 2.26 bits per heavy atom. The maximum absolute atomic E-state index is 5.44. The molecule has 1 heterocycles. The van der Waals surface area contributed by atoms with Gasteiger partial charge in [-0.2, -0.15) is 0 Å². The topological polar surface area (TPSA) is 70.4 Å². The number of nitrogens with one attached hydrogen (secondary N) is 1. The number of aromatic nitrogens is 3. The first-order valence-corrected chi connectivity index (χ1v) is 6.57. The lowest BCUT2D eigenvalue weighted by atomic mass is 10.5. The average Bonchev–Trinajstić information content (AvgIpc) is 2.82. The fraction of sp³-hybridized carbons (Fsp3) is 0.833. The van der Waals surface area contributed by atoms with Crippen LogP contribution in [0.25, 0.3) is 0 Å². The number of ether oxygens (including phenoxy) is 3. The molecule has 7 heteroatoms. The van der Waals surface area contributed by atoms with Gasteiger partial charge in [0, 0.05) is 6.54 Å². The van der Waals surface area contributed by atoms with Crippen molar-refractivity contribution in [1.29, 1.82) is 0 Å². The summed E-state index contributed by atoms with van der Waals surface area (Å²) in [7, 11) is 1.90. The summed E-state index contributed by atoms with van der Waals surface area (Å²) in [5, 5.41) is 10.7. The third-order valence-corrected chi connectivity index (χ3v) is 2.50. The minimum absolute atomic E-state index is 0.588. The van der Waals surface area contributed by atoms with E-state index in [-0.39, 0.29) is 0 Å². The van der Waals surface area contributed by atoms with Gasteiger partial charge in [0.25, 0.3) is 0 Å². The highest BCUT2D eigenvalue weighted by atomic mass is 16.5. The molecule has 7 nitrogen and oxygen atoms in total. The van der Waals surface area contributed by atoms with Crippen molar-refractivity contribution in [1.82, 2.24) is 20.3 Å². The Bertz CT molecular complexity index is 320. The molecule has 0 unspecified atom stereocenters. The zero-order valence-corrected chi connectivity index (χ0v) is 11.8. The van der Waals surface area contributed by atoms with Crippen LogP contribution >= 0.6 is 0 Å². The van der Waals surface area contributed by atoms with Gasteiger partial charge in [-0.3, -0.25) is 0 Å². The Kier molecular flexibility index (Phi) is 9.17. The molecule has 110 valence electrons. The third-order valence-electron chi connectivity index (χ3n) is 2.50. The maximum atomic E-state index is 5.44. The van der Waals surface area contributed by atoms with Crippen LogP contribution in [0.15, 0.2) is 6.20 Å². The first kappa shape index (κ1) is 16.0. The van der Waals surface area contributed by atoms with E-state index in [0.717, 1.165) is 18.8 Å². The van der Waals surface area contributed by atoms with E-state index < -0.39 is 0 Å². The van der Waals surface area contributed by atoms with Crippen molar-refractivity contribution in [3.8, 4) is 0 Å². The van der Waals surface area contributed by atoms with Gasteiger partial charge in [-0.05, 0) is 14.0 Å². The van der Waals surface area contributed by atoms with Crippen LogP contribution in [0, 0.1) is 6.92 Å². The van der Waals surface area contributed by atoms with E-state index in [1.807, 2.05) is 18.7 Å². The molecule has 0 aliphatic heterocycles. The summed E-state index contributed by atoms with van der Waals surface area (Å²) in [6.07, 6.45) is 1.73. The Morgan fingerprint density at radius 2 is 1.68 bits per heavy atom. The van der Waals surface area contributed by atoms with E-state index in [4.69, 9.17) is 14.2 Å².